The molecule has 3 aromatic rings. The third-order valence-electron chi connectivity index (χ3n) is 6.15. The highest BCUT2D eigenvalue weighted by Gasteiger charge is 2.26. The number of rotatable bonds is 14. The average molecular weight is 524 g/mol. The van der Waals surface area contributed by atoms with Gasteiger partial charge in [0.05, 0.1) is 27.4 Å². The van der Waals surface area contributed by atoms with Crippen LogP contribution >= 0.6 is 0 Å². The van der Waals surface area contributed by atoms with Crippen molar-refractivity contribution in [3.05, 3.63) is 89.5 Å². The zero-order valence-corrected chi connectivity index (χ0v) is 22.7. The molecule has 0 spiro atoms. The van der Waals surface area contributed by atoms with E-state index in [2.05, 4.69) is 0 Å². The van der Waals surface area contributed by atoms with Gasteiger partial charge in [-0.2, -0.15) is 0 Å². The largest absolute Gasteiger partial charge is 0.497 e. The number of hydrogen-bond acceptors (Lipinski definition) is 7. The van der Waals surface area contributed by atoms with Gasteiger partial charge in [-0.1, -0.05) is 48.5 Å². The van der Waals surface area contributed by atoms with Crippen molar-refractivity contribution in [3.8, 4) is 17.2 Å². The van der Waals surface area contributed by atoms with Gasteiger partial charge in [0.2, 0.25) is 0 Å². The van der Waals surface area contributed by atoms with Crippen molar-refractivity contribution in [1.82, 2.24) is 4.90 Å². The number of ether oxygens (including phenoxy) is 6. The van der Waals surface area contributed by atoms with Crippen molar-refractivity contribution in [2.24, 2.45) is 0 Å². The lowest BCUT2D eigenvalue weighted by Crippen LogP contribution is -2.41. The van der Waals surface area contributed by atoms with Crippen LogP contribution in [-0.2, 0) is 20.8 Å². The third kappa shape index (κ3) is 7.87. The maximum absolute atomic E-state index is 13.0. The fourth-order valence-electron chi connectivity index (χ4n) is 4.10. The van der Waals surface area contributed by atoms with E-state index < -0.39 is 12.4 Å². The summed E-state index contributed by atoms with van der Waals surface area (Å²) in [5.41, 5.74) is 2.94. The zero-order valence-electron chi connectivity index (χ0n) is 22.7. The van der Waals surface area contributed by atoms with Crippen LogP contribution in [0.2, 0.25) is 0 Å². The summed E-state index contributed by atoms with van der Waals surface area (Å²) in [7, 11) is 6.32. The molecule has 0 aliphatic rings. The molecule has 0 bridgehead atoms. The molecule has 0 radical (unpaired) electrons. The minimum Gasteiger partial charge on any atom is -0.497 e. The van der Waals surface area contributed by atoms with Gasteiger partial charge in [0.25, 0.3) is 0 Å². The molecule has 8 nitrogen and oxygen atoms in total. The first kappa shape index (κ1) is 28.8. The molecule has 0 aliphatic carbocycles. The van der Waals surface area contributed by atoms with Crippen LogP contribution in [0.5, 0.6) is 17.2 Å². The molecule has 0 heterocycles. The highest BCUT2D eigenvalue weighted by atomic mass is 16.7. The quantitative estimate of drug-likeness (QED) is 0.259. The van der Waals surface area contributed by atoms with Crippen molar-refractivity contribution in [3.63, 3.8) is 0 Å². The topological polar surface area (TPSA) is 75.7 Å². The summed E-state index contributed by atoms with van der Waals surface area (Å²) in [6.45, 7) is 2.92. The minimum absolute atomic E-state index is 0.194. The summed E-state index contributed by atoms with van der Waals surface area (Å²) >= 11 is 0. The van der Waals surface area contributed by atoms with E-state index in [0.717, 1.165) is 22.4 Å². The zero-order chi connectivity index (χ0) is 27.3. The van der Waals surface area contributed by atoms with Gasteiger partial charge in [0.1, 0.15) is 12.4 Å². The monoisotopic (exact) mass is 523 g/mol. The van der Waals surface area contributed by atoms with Gasteiger partial charge in [-0.05, 0) is 47.9 Å². The SMILES string of the molecule is CCOC(=O)N(CC(OC)OC)CC(c1cccc(OC)c1)c1ccc(OC)c(OCc2ccccc2)c1. The van der Waals surface area contributed by atoms with Gasteiger partial charge in [0.15, 0.2) is 17.8 Å². The molecule has 204 valence electrons. The Bertz CT molecular complexity index is 1130. The number of hydrogen-bond donors (Lipinski definition) is 0. The summed E-state index contributed by atoms with van der Waals surface area (Å²) in [6.07, 6.45) is -1.06. The van der Waals surface area contributed by atoms with Gasteiger partial charge < -0.3 is 33.3 Å². The molecular formula is C30H37NO7. The lowest BCUT2D eigenvalue weighted by Gasteiger charge is -2.30. The van der Waals surface area contributed by atoms with Crippen LogP contribution in [-0.4, -0.2) is 65.4 Å². The number of benzene rings is 3. The Morgan fingerprint density at radius 3 is 2.18 bits per heavy atom. The third-order valence-corrected chi connectivity index (χ3v) is 6.15. The summed E-state index contributed by atoms with van der Waals surface area (Å²) in [4.78, 5) is 14.6. The Balaban J connectivity index is 2.01. The Hall–Kier alpha value is -3.75. The second kappa shape index (κ2) is 14.9. The van der Waals surface area contributed by atoms with Crippen LogP contribution < -0.4 is 14.2 Å². The van der Waals surface area contributed by atoms with Gasteiger partial charge in [-0.25, -0.2) is 4.79 Å². The maximum Gasteiger partial charge on any atom is 0.409 e. The lowest BCUT2D eigenvalue weighted by atomic mass is 9.90. The molecule has 38 heavy (non-hydrogen) atoms. The molecule has 3 rings (SSSR count). The normalized spacial score (nSPS) is 11.6. The fourth-order valence-corrected chi connectivity index (χ4v) is 4.10. The molecule has 0 aliphatic heterocycles. The van der Waals surface area contributed by atoms with Crippen molar-refractivity contribution in [2.45, 2.75) is 25.7 Å². The highest BCUT2D eigenvalue weighted by Crippen LogP contribution is 2.35. The van der Waals surface area contributed by atoms with Crippen LogP contribution in [0.25, 0.3) is 0 Å². The van der Waals surface area contributed by atoms with Crippen molar-refractivity contribution in [1.29, 1.82) is 0 Å². The van der Waals surface area contributed by atoms with E-state index in [4.69, 9.17) is 28.4 Å². The van der Waals surface area contributed by atoms with Crippen LogP contribution in [0.4, 0.5) is 4.79 Å². The van der Waals surface area contributed by atoms with Crippen molar-refractivity contribution >= 4 is 6.09 Å². The first-order chi connectivity index (χ1) is 18.5. The molecule has 0 fully saturated rings. The molecule has 1 unspecified atom stereocenters. The first-order valence-electron chi connectivity index (χ1n) is 12.5. The van der Waals surface area contributed by atoms with E-state index in [-0.39, 0.29) is 19.1 Å². The Kier molecular flexibility index (Phi) is 11.3. The van der Waals surface area contributed by atoms with E-state index in [1.807, 2.05) is 72.8 Å². The standard InChI is InChI=1S/C30H37NO7/c1-6-37-30(32)31(20-29(35-4)36-5)19-26(23-13-10-14-25(17-23)33-2)24-15-16-27(34-3)28(18-24)38-21-22-11-8-7-9-12-22/h7-18,26,29H,6,19-21H2,1-5H3. The summed E-state index contributed by atoms with van der Waals surface area (Å²) in [5.74, 6) is 1.70. The molecule has 0 saturated carbocycles. The summed E-state index contributed by atoms with van der Waals surface area (Å²) in [6, 6.07) is 23.5. The highest BCUT2D eigenvalue weighted by molar-refractivity contribution is 5.68. The van der Waals surface area contributed by atoms with Gasteiger partial charge in [0, 0.05) is 26.7 Å². The van der Waals surface area contributed by atoms with Gasteiger partial charge in [-0.15, -0.1) is 0 Å². The van der Waals surface area contributed by atoms with Crippen LogP contribution in [0.1, 0.15) is 29.5 Å². The molecule has 1 amide bonds. The molecule has 0 saturated heterocycles. The number of methoxy groups -OCH3 is 4. The predicted molar refractivity (Wildman–Crippen MR) is 145 cm³/mol. The minimum atomic E-state index is -0.606. The van der Waals surface area contributed by atoms with Crippen LogP contribution in [0.3, 0.4) is 0 Å². The summed E-state index contributed by atoms with van der Waals surface area (Å²) < 4.78 is 33.4. The number of amides is 1. The predicted octanol–water partition coefficient (Wildman–Crippen LogP) is 5.49. The number of nitrogens with zero attached hydrogens (tertiary/aromatic N) is 1. The maximum atomic E-state index is 13.0. The number of carbonyl (C=O) groups excluding carboxylic acids is 1. The van der Waals surface area contributed by atoms with E-state index in [0.29, 0.717) is 24.7 Å². The van der Waals surface area contributed by atoms with Gasteiger partial charge >= 0.3 is 6.09 Å². The second-order valence-electron chi connectivity index (χ2n) is 8.52. The van der Waals surface area contributed by atoms with E-state index in [1.165, 1.54) is 14.2 Å². The van der Waals surface area contributed by atoms with Crippen molar-refractivity contribution in [2.75, 3.05) is 48.1 Å². The molecular weight excluding hydrogens is 486 g/mol. The Labute approximate surface area is 225 Å². The van der Waals surface area contributed by atoms with Crippen molar-refractivity contribution < 1.29 is 33.2 Å². The molecule has 0 N–H and O–H groups in total. The van der Waals surface area contributed by atoms with E-state index in [9.17, 15) is 4.79 Å². The smallest absolute Gasteiger partial charge is 0.409 e. The molecule has 1 atom stereocenters. The Morgan fingerprint density at radius 1 is 0.789 bits per heavy atom. The van der Waals surface area contributed by atoms with Crippen LogP contribution in [0, 0.1) is 0 Å². The van der Waals surface area contributed by atoms with E-state index >= 15 is 0 Å². The fraction of sp³-hybridized carbons (Fsp3) is 0.367. The second-order valence-corrected chi connectivity index (χ2v) is 8.52. The average Bonchev–Trinajstić information content (AvgIpc) is 2.96. The lowest BCUT2D eigenvalue weighted by molar-refractivity contribution is -0.113. The first-order valence-corrected chi connectivity index (χ1v) is 12.5. The van der Waals surface area contributed by atoms with Gasteiger partial charge in [-0.3, -0.25) is 0 Å². The molecule has 8 heteroatoms. The number of carbonyl (C=O) groups is 1. The Morgan fingerprint density at radius 2 is 1.53 bits per heavy atom. The molecule has 3 aromatic carbocycles. The summed E-state index contributed by atoms with van der Waals surface area (Å²) in [5, 5.41) is 0. The van der Waals surface area contributed by atoms with E-state index in [1.54, 1.807) is 26.0 Å². The molecule has 0 aromatic heterocycles. The van der Waals surface area contributed by atoms with Crippen LogP contribution in [0.15, 0.2) is 72.8 Å².